The summed E-state index contributed by atoms with van der Waals surface area (Å²) < 4.78 is 7.10. The van der Waals surface area contributed by atoms with Crippen LogP contribution < -0.4 is 16.8 Å². The van der Waals surface area contributed by atoms with Gasteiger partial charge in [0.15, 0.2) is 0 Å². The van der Waals surface area contributed by atoms with E-state index in [1.54, 1.807) is 7.11 Å². The molecule has 0 spiro atoms. The van der Waals surface area contributed by atoms with Crippen LogP contribution in [0.15, 0.2) is 24.5 Å². The molecule has 0 aliphatic carbocycles. The Hall–Kier alpha value is -3.48. The van der Waals surface area contributed by atoms with Crippen molar-refractivity contribution in [2.45, 2.75) is 53.1 Å². The number of aryl methyl sites for hydroxylation is 2. The van der Waals surface area contributed by atoms with E-state index < -0.39 is 0 Å². The lowest BCUT2D eigenvalue weighted by molar-refractivity contribution is 0.173. The summed E-state index contributed by atoms with van der Waals surface area (Å²) in [5.74, 6) is 6.96. The minimum atomic E-state index is -0.0130. The molecule has 1 aliphatic heterocycles. The van der Waals surface area contributed by atoms with E-state index in [0.717, 1.165) is 35.6 Å². The number of anilines is 2. The first-order chi connectivity index (χ1) is 16.4. The van der Waals surface area contributed by atoms with Gasteiger partial charge in [-0.2, -0.15) is 0 Å². The van der Waals surface area contributed by atoms with Crippen LogP contribution >= 0.6 is 0 Å². The molecule has 3 heterocycles. The zero-order chi connectivity index (χ0) is 25.1. The van der Waals surface area contributed by atoms with Crippen molar-refractivity contribution in [2.24, 2.45) is 0 Å². The molecule has 0 bridgehead atoms. The molecule has 182 valence electrons. The number of aromatic nitrogens is 4. The predicted octanol–water partition coefficient (Wildman–Crippen LogP) is 3.15. The number of hydrogen-bond donors (Lipinski definition) is 4. The molecule has 1 aromatic carbocycles. The Bertz CT molecular complexity index is 1130. The summed E-state index contributed by atoms with van der Waals surface area (Å²) >= 11 is 0. The lowest BCUT2D eigenvalue weighted by Crippen LogP contribution is -2.25. The third-order valence-electron chi connectivity index (χ3n) is 5.27. The molecule has 0 saturated carbocycles. The number of rotatable bonds is 4. The molecule has 1 fully saturated rings. The number of nitrogens with zero attached hydrogens (tertiary/aromatic N) is 4. The minimum Gasteiger partial charge on any atom is -0.383 e. The van der Waals surface area contributed by atoms with Crippen LogP contribution in [0.4, 0.5) is 11.6 Å². The first-order valence-corrected chi connectivity index (χ1v) is 11.6. The minimum absolute atomic E-state index is 0.0130. The van der Waals surface area contributed by atoms with Crippen molar-refractivity contribution in [3.8, 4) is 11.8 Å². The number of imidazole rings is 1. The molecule has 3 aromatic rings. The maximum Gasteiger partial charge on any atom is 0.139 e. The van der Waals surface area contributed by atoms with Gasteiger partial charge in [-0.3, -0.25) is 5.41 Å². The molecule has 1 aliphatic rings. The van der Waals surface area contributed by atoms with Gasteiger partial charge in [0.1, 0.15) is 29.5 Å². The molecular weight excluding hydrogens is 428 g/mol. The normalized spacial score (nSPS) is 14.3. The highest BCUT2D eigenvalue weighted by Gasteiger charge is 2.12. The second-order valence-corrected chi connectivity index (χ2v) is 7.50. The monoisotopic (exact) mass is 464 g/mol. The summed E-state index contributed by atoms with van der Waals surface area (Å²) in [5.41, 5.74) is 14.5. The number of nitrogens with one attached hydrogen (secondary N) is 2. The van der Waals surface area contributed by atoms with Crippen molar-refractivity contribution in [2.75, 3.05) is 31.7 Å². The zero-order valence-corrected chi connectivity index (χ0v) is 20.8. The van der Waals surface area contributed by atoms with Gasteiger partial charge in [0, 0.05) is 25.3 Å². The van der Waals surface area contributed by atoms with Crippen molar-refractivity contribution in [3.63, 3.8) is 0 Å². The van der Waals surface area contributed by atoms with E-state index in [0.29, 0.717) is 6.04 Å². The molecule has 34 heavy (non-hydrogen) atoms. The highest BCUT2D eigenvalue weighted by atomic mass is 16.5. The molecule has 6 N–H and O–H groups in total. The molecule has 0 amide bonds. The van der Waals surface area contributed by atoms with Crippen molar-refractivity contribution in [1.29, 1.82) is 5.41 Å². The van der Waals surface area contributed by atoms with Crippen molar-refractivity contribution < 1.29 is 4.74 Å². The van der Waals surface area contributed by atoms with Crippen LogP contribution in [0, 0.1) is 24.2 Å². The van der Waals surface area contributed by atoms with Gasteiger partial charge in [0.05, 0.1) is 23.2 Å². The summed E-state index contributed by atoms with van der Waals surface area (Å²) in [5, 5.41) is 11.4. The van der Waals surface area contributed by atoms with Gasteiger partial charge >= 0.3 is 0 Å². The Morgan fingerprint density at radius 3 is 2.56 bits per heavy atom. The summed E-state index contributed by atoms with van der Waals surface area (Å²) in [6.07, 6.45) is 3.86. The molecule has 9 heteroatoms. The Morgan fingerprint density at radius 1 is 1.26 bits per heavy atom. The van der Waals surface area contributed by atoms with E-state index >= 15 is 0 Å². The Morgan fingerprint density at radius 2 is 1.97 bits per heavy atom. The highest BCUT2D eigenvalue weighted by molar-refractivity contribution is 6.16. The van der Waals surface area contributed by atoms with Crippen molar-refractivity contribution in [1.82, 2.24) is 24.8 Å². The first-order valence-electron chi connectivity index (χ1n) is 11.6. The Kier molecular flexibility index (Phi) is 10.5. The van der Waals surface area contributed by atoms with Crippen LogP contribution in [0.2, 0.25) is 0 Å². The SMILES string of the molecule is CC.CCn1c(C)nc2cc(C#CC(=N)c3c(N)ncnc3N)ccc21.COCC1CCCN1. The van der Waals surface area contributed by atoms with Gasteiger partial charge < -0.3 is 26.1 Å². The maximum absolute atomic E-state index is 8.06. The molecule has 9 nitrogen and oxygen atoms in total. The quantitative estimate of drug-likeness (QED) is 0.343. The number of fused-ring (bicyclic) bond motifs is 1. The molecule has 1 atom stereocenters. The maximum atomic E-state index is 8.06. The average Bonchev–Trinajstić information content (AvgIpc) is 3.45. The van der Waals surface area contributed by atoms with Crippen LogP contribution in [0.25, 0.3) is 11.0 Å². The highest BCUT2D eigenvalue weighted by Crippen LogP contribution is 2.18. The topological polar surface area (TPSA) is 141 Å². The fourth-order valence-electron chi connectivity index (χ4n) is 3.69. The largest absolute Gasteiger partial charge is 0.383 e. The van der Waals surface area contributed by atoms with Gasteiger partial charge in [-0.15, -0.1) is 0 Å². The van der Waals surface area contributed by atoms with Crippen LogP contribution in [0.3, 0.4) is 0 Å². The lowest BCUT2D eigenvalue weighted by atomic mass is 10.1. The first kappa shape index (κ1) is 26.8. The number of nitrogen functional groups attached to an aromatic ring is 2. The smallest absolute Gasteiger partial charge is 0.139 e. The molecule has 1 saturated heterocycles. The second-order valence-electron chi connectivity index (χ2n) is 7.50. The van der Waals surface area contributed by atoms with Gasteiger partial charge in [-0.25, -0.2) is 15.0 Å². The summed E-state index contributed by atoms with van der Waals surface area (Å²) in [4.78, 5) is 12.2. The van der Waals surface area contributed by atoms with E-state index in [4.69, 9.17) is 21.6 Å². The van der Waals surface area contributed by atoms with E-state index in [9.17, 15) is 0 Å². The number of ether oxygens (including phenoxy) is 1. The Labute approximate surface area is 201 Å². The molecule has 0 radical (unpaired) electrons. The third kappa shape index (κ3) is 6.76. The van der Waals surface area contributed by atoms with Crippen LogP contribution in [-0.2, 0) is 11.3 Å². The molecule has 1 unspecified atom stereocenters. The van der Waals surface area contributed by atoms with E-state index in [2.05, 4.69) is 43.6 Å². The molecular formula is C25H36N8O. The van der Waals surface area contributed by atoms with Gasteiger partial charge in [-0.1, -0.05) is 19.8 Å². The zero-order valence-electron chi connectivity index (χ0n) is 20.8. The van der Waals surface area contributed by atoms with Crippen LogP contribution in [0.1, 0.15) is 50.6 Å². The summed E-state index contributed by atoms with van der Waals surface area (Å²) in [6, 6.07) is 6.44. The fourth-order valence-corrected chi connectivity index (χ4v) is 3.69. The fraction of sp³-hybridized carbons (Fsp3) is 0.440. The number of hydrogen-bond acceptors (Lipinski definition) is 8. The van der Waals surface area contributed by atoms with E-state index in [-0.39, 0.29) is 22.9 Å². The van der Waals surface area contributed by atoms with E-state index in [1.807, 2.05) is 39.0 Å². The lowest BCUT2D eigenvalue weighted by Gasteiger charge is -2.05. The van der Waals surface area contributed by atoms with Gasteiger partial charge in [-0.05, 0) is 57.4 Å². The summed E-state index contributed by atoms with van der Waals surface area (Å²) in [7, 11) is 1.75. The van der Waals surface area contributed by atoms with Crippen LogP contribution in [0.5, 0.6) is 0 Å². The van der Waals surface area contributed by atoms with Crippen LogP contribution in [-0.4, -0.2) is 51.5 Å². The second kappa shape index (κ2) is 13.3. The summed E-state index contributed by atoms with van der Waals surface area (Å²) in [6.45, 7) is 11.0. The van der Waals surface area contributed by atoms with E-state index in [1.165, 1.54) is 25.7 Å². The average molecular weight is 465 g/mol. The Balaban J connectivity index is 0.000000343. The number of benzene rings is 1. The van der Waals surface area contributed by atoms with Gasteiger partial charge in [0.2, 0.25) is 0 Å². The standard InChI is InChI=1S/C17H17N7.C6H13NO.C2H6/c1-3-24-10(2)23-13-8-11(5-7-14(13)24)4-6-12(18)15-16(19)21-9-22-17(15)20;1-8-5-6-3-2-4-7-6;1-2/h5,7-9,18H,3H2,1-2H3,(H4,19,20,21,22);6-7H,2-5H2,1H3;1-2H3. The molecule has 4 rings (SSSR count). The number of methoxy groups -OCH3 is 1. The third-order valence-corrected chi connectivity index (χ3v) is 5.27. The van der Waals surface area contributed by atoms with Gasteiger partial charge in [0.25, 0.3) is 0 Å². The number of nitrogens with two attached hydrogens (primary N) is 2. The van der Waals surface area contributed by atoms with Crippen molar-refractivity contribution in [3.05, 3.63) is 41.5 Å². The predicted molar refractivity (Wildman–Crippen MR) is 139 cm³/mol. The molecule has 2 aromatic heterocycles. The van der Waals surface area contributed by atoms with Crippen molar-refractivity contribution >= 4 is 28.4 Å².